The lowest BCUT2D eigenvalue weighted by Crippen LogP contribution is -2.67. The Bertz CT molecular complexity index is 3240. The average Bonchev–Trinajstić information content (AvgIpc) is 0.995. The van der Waals surface area contributed by atoms with Crippen molar-refractivity contribution >= 4 is 11.8 Å². The highest BCUT2D eigenvalue weighted by atomic mass is 16.6. The molecule has 24 fully saturated rings. The third-order valence-electron chi connectivity index (χ3n) is 33.3. The van der Waals surface area contributed by atoms with Crippen LogP contribution in [0, 0.1) is 118 Å². The van der Waals surface area contributed by atoms with Crippen LogP contribution in [0.1, 0.15) is 283 Å². The Morgan fingerprint density at radius 1 is 0.390 bits per heavy atom. The molecule has 0 radical (unpaired) electrons. The molecule has 0 amide bonds. The van der Waals surface area contributed by atoms with Crippen LogP contribution in [0.15, 0.2) is 153 Å². The quantitative estimate of drug-likeness (QED) is 0.0541. The lowest BCUT2D eigenvalue weighted by Gasteiger charge is -2.63. The van der Waals surface area contributed by atoms with Crippen molar-refractivity contribution in [1.82, 2.24) is 0 Å². The fourth-order valence-electron chi connectivity index (χ4n) is 30.8. The van der Waals surface area contributed by atoms with E-state index in [1.54, 1.807) is 62.6 Å². The predicted octanol–water partition coefficient (Wildman–Crippen LogP) is 24.3. The summed E-state index contributed by atoms with van der Waals surface area (Å²) in [6.45, 7) is 38.1. The van der Waals surface area contributed by atoms with Gasteiger partial charge >= 0.3 is 5.97 Å². The summed E-state index contributed by atoms with van der Waals surface area (Å²) >= 11 is 0. The van der Waals surface area contributed by atoms with Crippen LogP contribution < -0.4 is 0 Å². The molecule has 13 unspecified atom stereocenters. The molecule has 2 heterocycles. The average molecular weight is 1630 g/mol. The Balaban J connectivity index is 0.000000110. The summed E-state index contributed by atoms with van der Waals surface area (Å²) in [5.74, 6) is 15.8. The zero-order valence-corrected chi connectivity index (χ0v) is 72.4. The van der Waals surface area contributed by atoms with Gasteiger partial charge < -0.3 is 61.6 Å². The van der Waals surface area contributed by atoms with Gasteiger partial charge in [0.25, 0.3) is 0 Å². The first-order valence-electron chi connectivity index (χ1n) is 47.5. The van der Waals surface area contributed by atoms with E-state index in [0.29, 0.717) is 73.2 Å². The highest BCUT2D eigenvalue weighted by Gasteiger charge is 2.67. The number of esters is 1. The molecule has 0 N–H and O–H groups in total. The van der Waals surface area contributed by atoms with E-state index in [1.165, 1.54) is 199 Å². The third kappa shape index (κ3) is 20.8. The van der Waals surface area contributed by atoms with Crippen LogP contribution in [0.2, 0.25) is 0 Å². The summed E-state index contributed by atoms with van der Waals surface area (Å²) in [4.78, 5) is 24.2. The molecule has 0 aromatic rings. The SMILES string of the molecule is C1=CC2CCCC3CCCC(O1)C23.C1=COCCC1.C=COC12CC3CC(C1)C(=O)C(C3)C2.C=COC12CC3CC(CC(C3)C1)C2.C=COC12CC3CC(OC=C)(C1)CC(OC=C)(C3)C2.C=COC1CC2CC(OC=C)C1C2.C=COC1CC2CC1C1CCCC21.C=COC1CCCCC1.C=COCCOC(=O)C12CC3CC(CC(C3)C1)C2. The minimum Gasteiger partial charge on any atom is -0.502 e. The van der Waals surface area contributed by atoms with Crippen LogP contribution in [0.25, 0.3) is 0 Å². The number of carbonyl (C=O) groups is 2. The number of allylic oxidation sites excluding steroid dienone is 2. The Morgan fingerprint density at radius 3 is 1.36 bits per heavy atom. The van der Waals surface area contributed by atoms with Gasteiger partial charge in [0.05, 0.1) is 93.3 Å². The molecule has 2 aliphatic heterocycles. The fraction of sp³-hybridized carbons (Fsp3) is 0.748. The van der Waals surface area contributed by atoms with E-state index in [1.807, 2.05) is 12.3 Å². The minimum absolute atomic E-state index is 0.00778. The molecule has 0 aromatic heterocycles. The van der Waals surface area contributed by atoms with Crippen molar-refractivity contribution in [2.45, 2.75) is 341 Å². The monoisotopic (exact) mass is 1630 g/mol. The van der Waals surface area contributed by atoms with Crippen molar-refractivity contribution in [2.75, 3.05) is 19.8 Å². The lowest BCUT2D eigenvalue weighted by molar-refractivity contribution is -0.257. The second-order valence-electron chi connectivity index (χ2n) is 41.1. The molecule has 26 rings (SSSR count). The number of rotatable bonds is 23. The Morgan fingerprint density at radius 2 is 0.873 bits per heavy atom. The first-order valence-corrected chi connectivity index (χ1v) is 47.5. The molecule has 654 valence electrons. The fourth-order valence-corrected chi connectivity index (χ4v) is 30.8. The number of hydrogen-bond acceptors (Lipinski definition) is 15. The molecule has 15 nitrogen and oxygen atoms in total. The van der Waals surface area contributed by atoms with Crippen molar-refractivity contribution in [3.8, 4) is 0 Å². The summed E-state index contributed by atoms with van der Waals surface area (Å²) in [6.07, 6.45) is 81.1. The molecule has 26 aliphatic rings. The van der Waals surface area contributed by atoms with E-state index < -0.39 is 0 Å². The highest BCUT2D eigenvalue weighted by molar-refractivity contribution is 5.86. The summed E-state index contributed by atoms with van der Waals surface area (Å²) in [5, 5.41) is 0. The molecule has 20 bridgehead atoms. The summed E-state index contributed by atoms with van der Waals surface area (Å²) < 4.78 is 72.1. The number of ketones is 1. The van der Waals surface area contributed by atoms with E-state index in [0.717, 1.165) is 185 Å². The topological polar surface area (TPSA) is 154 Å². The molecule has 0 saturated heterocycles. The summed E-state index contributed by atoms with van der Waals surface area (Å²) in [5.41, 5.74) is -0.473. The highest BCUT2D eigenvalue weighted by Crippen LogP contribution is 2.65. The van der Waals surface area contributed by atoms with E-state index in [4.69, 9.17) is 61.6 Å². The maximum absolute atomic E-state index is 12.4. The maximum Gasteiger partial charge on any atom is 0.312 e. The summed E-state index contributed by atoms with van der Waals surface area (Å²) in [7, 11) is 0. The number of Topliss-reactive ketones (excluding diaryl/α,β-unsaturated/α-hetero) is 1. The number of ether oxygens (including phenoxy) is 13. The van der Waals surface area contributed by atoms with Gasteiger partial charge in [0.15, 0.2) is 0 Å². The van der Waals surface area contributed by atoms with Crippen molar-refractivity contribution in [1.29, 1.82) is 0 Å². The smallest absolute Gasteiger partial charge is 0.312 e. The van der Waals surface area contributed by atoms with Gasteiger partial charge in [-0.05, 0) is 338 Å². The van der Waals surface area contributed by atoms with Crippen molar-refractivity contribution < 1.29 is 71.2 Å². The van der Waals surface area contributed by atoms with Crippen molar-refractivity contribution in [3.05, 3.63) is 153 Å². The molecular weight excluding hydrogens is 1480 g/mol. The van der Waals surface area contributed by atoms with Gasteiger partial charge in [0.1, 0.15) is 71.4 Å². The second kappa shape index (κ2) is 40.3. The molecule has 24 saturated carbocycles. The standard InChI is InChI=1S/C16H22O3.C15H22O3.C12H16O2.3C12H18O.C11H16O2.C8H14O.C5H8O/c1-4-17-14-7-13-8-15(10-14,18-5-2)12-16(9-13,11-14)19-6-3;1-2-17-3-4-18-14(16)15-8-11-5-12(9-15)7-13(6-11)10-15;1-2-14-12-5-8-3-9(6-12)11(13)10(4-8)7-12;1-3-9-5-2-6-11-12(9)10(4-1)7-8-13-11;1-2-13-12-6-9-3-10(7-12)5-11(4-9)8-12;1-2-13-12-7-8-6-11(12)10-5-3-4-9(8)10;1-3-12-10-6-8-5-9(10)11(7-8)13-4-2;1-2-9-8-6-4-3-5-7-8;1-2-4-6-5-3-1/h4-6,13H,1-3,7-12H2;2,11-13H,1,3-10H2;2,8-10H,1,3-7H2;7-12H,1-6H2;2,9-11H,1,3-8H2;2,8-12H,1,3-7H2;3-4,8-11H,1-2,5-7H2;2,8H,1,3-7H2;2,4H,1,3,5H2. The molecule has 118 heavy (non-hydrogen) atoms. The van der Waals surface area contributed by atoms with Crippen molar-refractivity contribution in [2.24, 2.45) is 118 Å². The van der Waals surface area contributed by atoms with Crippen LogP contribution >= 0.6 is 0 Å². The largest absolute Gasteiger partial charge is 0.502 e. The van der Waals surface area contributed by atoms with Gasteiger partial charge in [0.2, 0.25) is 0 Å². The van der Waals surface area contributed by atoms with Crippen LogP contribution in [-0.2, 0) is 71.2 Å². The van der Waals surface area contributed by atoms with Gasteiger partial charge in [-0.1, -0.05) is 91.5 Å². The van der Waals surface area contributed by atoms with Crippen LogP contribution in [-0.4, -0.2) is 90.1 Å². The molecule has 15 heteroatoms. The molecule has 0 spiro atoms. The maximum atomic E-state index is 12.4. The van der Waals surface area contributed by atoms with E-state index in [2.05, 4.69) is 71.9 Å². The third-order valence-corrected chi connectivity index (χ3v) is 33.3. The number of carbonyl (C=O) groups excluding carboxylic acids is 2. The first kappa shape index (κ1) is 87.9. The van der Waals surface area contributed by atoms with Crippen molar-refractivity contribution in [3.63, 3.8) is 0 Å². The summed E-state index contributed by atoms with van der Waals surface area (Å²) in [6, 6.07) is 0. The van der Waals surface area contributed by atoms with Crippen LogP contribution in [0.4, 0.5) is 0 Å². The Hall–Kier alpha value is -6.38. The Labute approximate surface area is 710 Å². The van der Waals surface area contributed by atoms with Crippen LogP contribution in [0.5, 0.6) is 0 Å². The van der Waals surface area contributed by atoms with Gasteiger partial charge in [0, 0.05) is 42.9 Å². The molecular formula is C103H152O15. The lowest BCUT2D eigenvalue weighted by atomic mass is 9.49. The molecule has 0 aromatic carbocycles. The number of fused-ring (bicyclic) bond motifs is 7. The normalized spacial score (nSPS) is 43.5. The first-order chi connectivity index (χ1) is 57.4. The number of hydrogen-bond donors (Lipinski definition) is 0. The van der Waals surface area contributed by atoms with Gasteiger partial charge in [-0.15, -0.1) is 0 Å². The van der Waals surface area contributed by atoms with Gasteiger partial charge in [-0.3, -0.25) is 9.59 Å². The molecule has 24 aliphatic carbocycles. The van der Waals surface area contributed by atoms with Gasteiger partial charge in [-0.25, -0.2) is 0 Å². The van der Waals surface area contributed by atoms with E-state index >= 15 is 0 Å². The Kier molecular flexibility index (Phi) is 30.0. The van der Waals surface area contributed by atoms with E-state index in [-0.39, 0.29) is 39.4 Å². The van der Waals surface area contributed by atoms with E-state index in [9.17, 15) is 9.59 Å². The molecule has 13 atom stereocenters. The minimum atomic E-state index is -0.187. The zero-order valence-electron chi connectivity index (χ0n) is 72.4. The van der Waals surface area contributed by atoms with Crippen LogP contribution in [0.3, 0.4) is 0 Å². The zero-order chi connectivity index (χ0) is 82.3. The predicted molar refractivity (Wildman–Crippen MR) is 463 cm³/mol. The van der Waals surface area contributed by atoms with Gasteiger partial charge in [-0.2, -0.15) is 0 Å². The second-order valence-corrected chi connectivity index (χ2v) is 41.1.